The topological polar surface area (TPSA) is 77.8 Å². The molecule has 0 spiro atoms. The Morgan fingerprint density at radius 2 is 1.61 bits per heavy atom. The lowest BCUT2D eigenvalue weighted by Crippen LogP contribution is -2.47. The van der Waals surface area contributed by atoms with Crippen LogP contribution in [0.15, 0.2) is 36.4 Å². The zero-order chi connectivity index (χ0) is 22.0. The van der Waals surface area contributed by atoms with Crippen molar-refractivity contribution in [2.45, 2.75) is 70.4 Å². The fraction of sp³-hybridized carbons (Fsp3) is 0.520. The number of rotatable bonds is 5. The molecule has 0 aliphatic heterocycles. The number of aromatic carboxylic acids is 1. The maximum Gasteiger partial charge on any atom is 0.348 e. The van der Waals surface area contributed by atoms with Crippen LogP contribution in [-0.4, -0.2) is 34.2 Å². The Hall–Kier alpha value is -2.18. The minimum absolute atomic E-state index is 0.0511. The monoisotopic (exact) mass is 441 g/mol. The summed E-state index contributed by atoms with van der Waals surface area (Å²) in [5.74, 6) is -0.339. The molecule has 1 aromatic carbocycles. The second kappa shape index (κ2) is 9.53. The molecular formula is C25H31NO4S. The van der Waals surface area contributed by atoms with E-state index in [0.717, 1.165) is 36.1 Å². The number of carboxylic acid groups (broad SMARTS) is 1. The summed E-state index contributed by atoms with van der Waals surface area (Å²) >= 11 is 1.24. The van der Waals surface area contributed by atoms with Crippen LogP contribution in [0.25, 0.3) is 10.4 Å². The first kappa shape index (κ1) is 22.0. The molecule has 0 radical (unpaired) electrons. The first-order chi connectivity index (χ1) is 14.9. The molecule has 2 aromatic rings. The zero-order valence-corrected chi connectivity index (χ0v) is 18.8. The molecule has 31 heavy (non-hydrogen) atoms. The summed E-state index contributed by atoms with van der Waals surface area (Å²) in [6.07, 6.45) is 6.18. The molecule has 2 saturated carbocycles. The highest BCUT2D eigenvalue weighted by Gasteiger charge is 2.37. The van der Waals surface area contributed by atoms with Gasteiger partial charge in [0.25, 0.3) is 0 Å². The number of benzene rings is 1. The summed E-state index contributed by atoms with van der Waals surface area (Å²) in [6.45, 7) is 2.23. The highest BCUT2D eigenvalue weighted by atomic mass is 32.1. The molecule has 1 amide bonds. The number of anilines is 1. The Balaban J connectivity index is 1.73. The van der Waals surface area contributed by atoms with Crippen LogP contribution >= 0.6 is 11.3 Å². The van der Waals surface area contributed by atoms with Gasteiger partial charge in [0.15, 0.2) is 0 Å². The summed E-state index contributed by atoms with van der Waals surface area (Å²) < 4.78 is 0. The van der Waals surface area contributed by atoms with Gasteiger partial charge in [-0.25, -0.2) is 4.79 Å². The molecule has 1 heterocycles. The molecule has 5 nitrogen and oxygen atoms in total. The van der Waals surface area contributed by atoms with Crippen molar-refractivity contribution in [1.29, 1.82) is 0 Å². The molecule has 0 bridgehead atoms. The molecule has 1 aromatic heterocycles. The third-order valence-corrected chi connectivity index (χ3v) is 8.02. The van der Waals surface area contributed by atoms with Gasteiger partial charge in [0.05, 0.1) is 11.8 Å². The number of carbonyl (C=O) groups is 2. The number of carboxylic acids is 1. The normalized spacial score (nSPS) is 26.4. The van der Waals surface area contributed by atoms with Gasteiger partial charge in [-0.1, -0.05) is 37.3 Å². The van der Waals surface area contributed by atoms with Gasteiger partial charge < -0.3 is 15.1 Å². The van der Waals surface area contributed by atoms with Crippen LogP contribution in [0, 0.1) is 11.8 Å². The van der Waals surface area contributed by atoms with Gasteiger partial charge in [-0.2, -0.15) is 0 Å². The third-order valence-electron chi connectivity index (χ3n) is 6.86. The van der Waals surface area contributed by atoms with Gasteiger partial charge in [-0.05, 0) is 68.9 Å². The Kier molecular flexibility index (Phi) is 6.77. The van der Waals surface area contributed by atoms with Crippen molar-refractivity contribution in [3.8, 4) is 10.4 Å². The van der Waals surface area contributed by atoms with Gasteiger partial charge in [0.1, 0.15) is 4.88 Å². The number of aliphatic hydroxyl groups is 1. The molecule has 2 fully saturated rings. The predicted octanol–water partition coefficient (Wildman–Crippen LogP) is 5.58. The molecule has 2 N–H and O–H groups in total. The largest absolute Gasteiger partial charge is 0.477 e. The fourth-order valence-corrected chi connectivity index (χ4v) is 5.97. The Morgan fingerprint density at radius 3 is 2.23 bits per heavy atom. The Labute approximate surface area is 187 Å². The zero-order valence-electron chi connectivity index (χ0n) is 18.0. The molecule has 166 valence electrons. The van der Waals surface area contributed by atoms with E-state index in [1.54, 1.807) is 4.90 Å². The van der Waals surface area contributed by atoms with Gasteiger partial charge in [-0.15, -0.1) is 11.3 Å². The lowest BCUT2D eigenvalue weighted by atomic mass is 9.81. The smallest absolute Gasteiger partial charge is 0.348 e. The van der Waals surface area contributed by atoms with Crippen LogP contribution in [0.1, 0.15) is 68.0 Å². The van der Waals surface area contributed by atoms with Gasteiger partial charge in [0, 0.05) is 16.8 Å². The number of hydrogen-bond donors (Lipinski definition) is 2. The molecule has 0 unspecified atom stereocenters. The van der Waals surface area contributed by atoms with Gasteiger partial charge in [-0.3, -0.25) is 4.79 Å². The fourth-order valence-electron chi connectivity index (χ4n) is 4.97. The Bertz CT molecular complexity index is 909. The van der Waals surface area contributed by atoms with E-state index in [9.17, 15) is 19.8 Å². The summed E-state index contributed by atoms with van der Waals surface area (Å²) in [7, 11) is 0. The van der Waals surface area contributed by atoms with Crippen LogP contribution in [0.3, 0.4) is 0 Å². The SMILES string of the molecule is C[C@H]1CC[C@H](C(=O)N(c2cc(-c3ccccc3)sc2C(=O)O)[C@H]2CC[C@H](O)CC2)CC1. The minimum Gasteiger partial charge on any atom is -0.477 e. The van der Waals surface area contributed by atoms with Crippen molar-refractivity contribution >= 4 is 28.9 Å². The number of thiophene rings is 1. The van der Waals surface area contributed by atoms with E-state index in [1.165, 1.54) is 11.3 Å². The van der Waals surface area contributed by atoms with E-state index < -0.39 is 5.97 Å². The number of nitrogens with zero attached hydrogens (tertiary/aromatic N) is 1. The number of hydrogen-bond acceptors (Lipinski definition) is 4. The van der Waals surface area contributed by atoms with Crippen LogP contribution in [0.2, 0.25) is 0 Å². The highest BCUT2D eigenvalue weighted by Crippen LogP contribution is 2.41. The number of amides is 1. The molecule has 0 saturated heterocycles. The summed E-state index contributed by atoms with van der Waals surface area (Å²) in [5.41, 5.74) is 1.49. The predicted molar refractivity (Wildman–Crippen MR) is 124 cm³/mol. The van der Waals surface area contributed by atoms with Crippen molar-refractivity contribution < 1.29 is 19.8 Å². The highest BCUT2D eigenvalue weighted by molar-refractivity contribution is 7.18. The summed E-state index contributed by atoms with van der Waals surface area (Å²) in [6, 6.07) is 11.6. The number of aliphatic hydroxyl groups excluding tert-OH is 1. The molecule has 2 aliphatic rings. The quantitative estimate of drug-likeness (QED) is 0.635. The second-order valence-electron chi connectivity index (χ2n) is 9.12. The van der Waals surface area contributed by atoms with Crippen molar-refractivity contribution in [2.75, 3.05) is 4.90 Å². The molecular weight excluding hydrogens is 410 g/mol. The average molecular weight is 442 g/mol. The molecule has 6 heteroatoms. The maximum absolute atomic E-state index is 13.8. The second-order valence-corrected chi connectivity index (χ2v) is 10.2. The van der Waals surface area contributed by atoms with E-state index in [1.807, 2.05) is 36.4 Å². The van der Waals surface area contributed by atoms with Gasteiger partial charge >= 0.3 is 5.97 Å². The van der Waals surface area contributed by atoms with E-state index >= 15 is 0 Å². The van der Waals surface area contributed by atoms with Crippen molar-refractivity contribution in [3.05, 3.63) is 41.3 Å². The summed E-state index contributed by atoms with van der Waals surface area (Å²) in [5, 5.41) is 20.0. The van der Waals surface area contributed by atoms with E-state index in [2.05, 4.69) is 6.92 Å². The van der Waals surface area contributed by atoms with E-state index in [0.29, 0.717) is 37.3 Å². The van der Waals surface area contributed by atoms with Crippen molar-refractivity contribution in [1.82, 2.24) is 0 Å². The van der Waals surface area contributed by atoms with Crippen molar-refractivity contribution in [3.63, 3.8) is 0 Å². The first-order valence-corrected chi connectivity index (χ1v) is 12.2. The maximum atomic E-state index is 13.8. The summed E-state index contributed by atoms with van der Waals surface area (Å²) in [4.78, 5) is 28.9. The Morgan fingerprint density at radius 1 is 0.968 bits per heavy atom. The molecule has 0 atom stereocenters. The molecule has 2 aliphatic carbocycles. The van der Waals surface area contributed by atoms with E-state index in [4.69, 9.17) is 0 Å². The van der Waals surface area contributed by atoms with Crippen LogP contribution in [0.4, 0.5) is 5.69 Å². The molecule has 4 rings (SSSR count). The minimum atomic E-state index is -0.993. The third kappa shape index (κ3) is 4.85. The number of carbonyl (C=O) groups excluding carboxylic acids is 1. The van der Waals surface area contributed by atoms with Crippen molar-refractivity contribution in [2.24, 2.45) is 11.8 Å². The first-order valence-electron chi connectivity index (χ1n) is 11.4. The average Bonchev–Trinajstić information content (AvgIpc) is 3.22. The lowest BCUT2D eigenvalue weighted by Gasteiger charge is -2.38. The van der Waals surface area contributed by atoms with Crippen LogP contribution in [-0.2, 0) is 4.79 Å². The van der Waals surface area contributed by atoms with Crippen LogP contribution < -0.4 is 4.90 Å². The lowest BCUT2D eigenvalue weighted by molar-refractivity contribution is -0.124. The van der Waals surface area contributed by atoms with Gasteiger partial charge in [0.2, 0.25) is 5.91 Å². The van der Waals surface area contributed by atoms with E-state index in [-0.39, 0.29) is 28.8 Å². The standard InChI is InChI=1S/C25H31NO4S/c1-16-7-9-18(10-8-16)24(28)26(19-11-13-20(27)14-12-19)21-15-22(31-23(21)25(29)30)17-5-3-2-4-6-17/h2-6,15-16,18-20,27H,7-14H2,1H3,(H,29,30)/t16-,18-,19-,20-. The van der Waals surface area contributed by atoms with Crippen LogP contribution in [0.5, 0.6) is 0 Å².